The van der Waals surface area contributed by atoms with Crippen LogP contribution in [0.5, 0.6) is 0 Å². The van der Waals surface area contributed by atoms with E-state index in [2.05, 4.69) is 4.98 Å². The molecule has 0 aliphatic heterocycles. The number of carbonyl (C=O) groups is 1. The Labute approximate surface area is 113 Å². The molecule has 2 rings (SSSR count). The van der Waals surface area contributed by atoms with Gasteiger partial charge in [-0.3, -0.25) is 0 Å². The molecule has 0 radical (unpaired) electrons. The maximum absolute atomic E-state index is 11.8. The number of carbonyl (C=O) groups excluding carboxylic acids is 1. The van der Waals surface area contributed by atoms with Crippen LogP contribution >= 0.6 is 0 Å². The van der Waals surface area contributed by atoms with Crippen molar-refractivity contribution in [3.05, 3.63) is 17.8 Å². The fourth-order valence-corrected chi connectivity index (χ4v) is 2.25. The minimum atomic E-state index is -0.449. The monoisotopic (exact) mass is 267 g/mol. The average molecular weight is 267 g/mol. The zero-order chi connectivity index (χ0) is 13.7. The molecule has 1 saturated carbocycles. The second-order valence-electron chi connectivity index (χ2n) is 5.05. The third kappa shape index (κ3) is 3.80. The van der Waals surface area contributed by atoms with E-state index in [4.69, 9.17) is 13.9 Å². The molecule has 5 nitrogen and oxygen atoms in total. The van der Waals surface area contributed by atoms with Crippen LogP contribution in [0.4, 0.5) is 0 Å². The zero-order valence-electron chi connectivity index (χ0n) is 11.6. The third-order valence-corrected chi connectivity index (χ3v) is 3.54. The maximum atomic E-state index is 11.8. The van der Waals surface area contributed by atoms with Crippen molar-refractivity contribution in [2.75, 3.05) is 13.7 Å². The Bertz CT molecular complexity index is 409. The molecule has 1 aromatic rings. The lowest BCUT2D eigenvalue weighted by atomic mass is 9.89. The van der Waals surface area contributed by atoms with Gasteiger partial charge in [0.1, 0.15) is 12.9 Å². The molecule has 1 aromatic heterocycles. The van der Waals surface area contributed by atoms with Gasteiger partial charge >= 0.3 is 5.97 Å². The van der Waals surface area contributed by atoms with Crippen LogP contribution in [0, 0.1) is 0 Å². The Morgan fingerprint density at radius 2 is 2.21 bits per heavy atom. The molecule has 19 heavy (non-hydrogen) atoms. The molecule has 0 spiro atoms. The fourth-order valence-electron chi connectivity index (χ4n) is 2.25. The van der Waals surface area contributed by atoms with Crippen molar-refractivity contribution in [2.45, 2.75) is 51.0 Å². The normalized spacial score (nSPS) is 18.2. The van der Waals surface area contributed by atoms with Crippen molar-refractivity contribution in [1.82, 2.24) is 4.98 Å². The van der Waals surface area contributed by atoms with Gasteiger partial charge in [0.15, 0.2) is 11.6 Å². The van der Waals surface area contributed by atoms with Crippen molar-refractivity contribution in [3.8, 4) is 0 Å². The second kappa shape index (κ2) is 6.70. The smallest absolute Gasteiger partial charge is 0.360 e. The number of hydrogen-bond donors (Lipinski definition) is 0. The van der Waals surface area contributed by atoms with Gasteiger partial charge in [-0.2, -0.15) is 0 Å². The van der Waals surface area contributed by atoms with Crippen molar-refractivity contribution in [3.63, 3.8) is 0 Å². The summed E-state index contributed by atoms with van der Waals surface area (Å²) >= 11 is 0. The van der Waals surface area contributed by atoms with E-state index in [-0.39, 0.29) is 18.4 Å². The van der Waals surface area contributed by atoms with E-state index in [0.717, 1.165) is 12.8 Å². The number of hydrogen-bond acceptors (Lipinski definition) is 5. The van der Waals surface area contributed by atoms with Gasteiger partial charge < -0.3 is 13.9 Å². The van der Waals surface area contributed by atoms with Gasteiger partial charge in [0.05, 0.1) is 6.10 Å². The molecule has 1 aliphatic rings. The Morgan fingerprint density at radius 3 is 2.89 bits per heavy atom. The quantitative estimate of drug-likeness (QED) is 0.768. The van der Waals surface area contributed by atoms with Crippen molar-refractivity contribution in [2.24, 2.45) is 0 Å². The SMILES string of the molecule is CO[C@@H](C)COC(=O)c1coc(C2CCCCC2)n1. The van der Waals surface area contributed by atoms with Crippen LogP contribution < -0.4 is 0 Å². The minimum absolute atomic E-state index is 0.117. The second-order valence-corrected chi connectivity index (χ2v) is 5.05. The standard InChI is InChI=1S/C14H21NO4/c1-10(17-2)8-19-14(16)12-9-18-13(15-12)11-6-4-3-5-7-11/h9-11H,3-8H2,1-2H3/t10-/m0/s1. The van der Waals surface area contributed by atoms with Gasteiger partial charge in [-0.05, 0) is 19.8 Å². The number of methoxy groups -OCH3 is 1. The fraction of sp³-hybridized carbons (Fsp3) is 0.714. The van der Waals surface area contributed by atoms with E-state index in [1.165, 1.54) is 25.5 Å². The molecule has 0 aromatic carbocycles. The van der Waals surface area contributed by atoms with E-state index < -0.39 is 5.97 Å². The van der Waals surface area contributed by atoms with Crippen molar-refractivity contribution >= 4 is 5.97 Å². The van der Waals surface area contributed by atoms with E-state index in [9.17, 15) is 4.79 Å². The predicted molar refractivity (Wildman–Crippen MR) is 69.1 cm³/mol. The number of rotatable bonds is 5. The van der Waals surface area contributed by atoms with Crippen LogP contribution in [0.1, 0.15) is 61.3 Å². The third-order valence-electron chi connectivity index (χ3n) is 3.54. The lowest BCUT2D eigenvalue weighted by Gasteiger charge is -2.17. The number of oxazole rings is 1. The van der Waals surface area contributed by atoms with Gasteiger partial charge in [-0.1, -0.05) is 19.3 Å². The summed E-state index contributed by atoms with van der Waals surface area (Å²) in [6, 6.07) is 0. The summed E-state index contributed by atoms with van der Waals surface area (Å²) in [6.45, 7) is 2.06. The molecular weight excluding hydrogens is 246 g/mol. The highest BCUT2D eigenvalue weighted by atomic mass is 16.6. The lowest BCUT2D eigenvalue weighted by molar-refractivity contribution is 0.0164. The highest BCUT2D eigenvalue weighted by Crippen LogP contribution is 2.31. The number of esters is 1. The minimum Gasteiger partial charge on any atom is -0.458 e. The highest BCUT2D eigenvalue weighted by Gasteiger charge is 2.22. The largest absolute Gasteiger partial charge is 0.458 e. The topological polar surface area (TPSA) is 61.6 Å². The molecule has 1 heterocycles. The molecule has 0 saturated heterocycles. The molecule has 1 aliphatic carbocycles. The summed E-state index contributed by atoms with van der Waals surface area (Å²) in [5.74, 6) is 0.578. The first kappa shape index (κ1) is 14.1. The molecule has 106 valence electrons. The average Bonchev–Trinajstić information content (AvgIpc) is 2.95. The summed E-state index contributed by atoms with van der Waals surface area (Å²) in [5, 5.41) is 0. The van der Waals surface area contributed by atoms with Gasteiger partial charge in [0, 0.05) is 13.0 Å². The van der Waals surface area contributed by atoms with Gasteiger partial charge in [-0.15, -0.1) is 0 Å². The zero-order valence-corrected chi connectivity index (χ0v) is 11.6. The van der Waals surface area contributed by atoms with Crippen molar-refractivity contribution in [1.29, 1.82) is 0 Å². The first-order valence-corrected chi connectivity index (χ1v) is 6.86. The molecule has 1 fully saturated rings. The summed E-state index contributed by atoms with van der Waals surface area (Å²) in [6.07, 6.45) is 7.15. The van der Waals surface area contributed by atoms with E-state index in [1.807, 2.05) is 6.92 Å². The molecule has 0 amide bonds. The first-order chi connectivity index (χ1) is 9.20. The summed E-state index contributed by atoms with van der Waals surface area (Å²) < 4.78 is 15.5. The maximum Gasteiger partial charge on any atom is 0.360 e. The Kier molecular flexibility index (Phi) is 4.96. The molecule has 1 atom stereocenters. The van der Waals surface area contributed by atoms with Gasteiger partial charge in [0.25, 0.3) is 0 Å². The van der Waals surface area contributed by atoms with Crippen molar-refractivity contribution < 1.29 is 18.7 Å². The summed E-state index contributed by atoms with van der Waals surface area (Å²) in [4.78, 5) is 16.0. The molecule has 0 N–H and O–H groups in total. The van der Waals surface area contributed by atoms with Crippen LogP contribution in [0.3, 0.4) is 0 Å². The summed E-state index contributed by atoms with van der Waals surface area (Å²) in [5.41, 5.74) is 0.254. The Balaban J connectivity index is 1.90. The van der Waals surface area contributed by atoms with Crippen LogP contribution in [0.2, 0.25) is 0 Å². The van der Waals surface area contributed by atoms with Crippen LogP contribution in [-0.4, -0.2) is 30.8 Å². The lowest BCUT2D eigenvalue weighted by Crippen LogP contribution is -2.17. The van der Waals surface area contributed by atoms with E-state index >= 15 is 0 Å². The van der Waals surface area contributed by atoms with Crippen LogP contribution in [-0.2, 0) is 9.47 Å². The van der Waals surface area contributed by atoms with Gasteiger partial charge in [0.2, 0.25) is 0 Å². The Hall–Kier alpha value is -1.36. The van der Waals surface area contributed by atoms with Crippen LogP contribution in [0.25, 0.3) is 0 Å². The highest BCUT2D eigenvalue weighted by molar-refractivity contribution is 5.86. The number of nitrogens with zero attached hydrogens (tertiary/aromatic N) is 1. The Morgan fingerprint density at radius 1 is 1.47 bits per heavy atom. The van der Waals surface area contributed by atoms with Gasteiger partial charge in [-0.25, -0.2) is 9.78 Å². The number of ether oxygens (including phenoxy) is 2. The van der Waals surface area contributed by atoms with Crippen LogP contribution in [0.15, 0.2) is 10.7 Å². The molecule has 0 unspecified atom stereocenters. The first-order valence-electron chi connectivity index (χ1n) is 6.86. The molecule has 5 heteroatoms. The number of aromatic nitrogens is 1. The molecule has 0 bridgehead atoms. The summed E-state index contributed by atoms with van der Waals surface area (Å²) in [7, 11) is 1.58. The van der Waals surface area contributed by atoms with E-state index in [1.54, 1.807) is 7.11 Å². The predicted octanol–water partition coefficient (Wildman–Crippen LogP) is 2.91. The van der Waals surface area contributed by atoms with E-state index in [0.29, 0.717) is 11.8 Å². The molecular formula is C14H21NO4.